The van der Waals surface area contributed by atoms with E-state index < -0.39 is 6.10 Å². The zero-order valence-electron chi connectivity index (χ0n) is 14.6. The first kappa shape index (κ1) is 17.3. The molecule has 0 heterocycles. The number of ether oxygens (including phenoxy) is 1. The van der Waals surface area contributed by atoms with Gasteiger partial charge in [0, 0.05) is 13.0 Å². The smallest absolute Gasteiger partial charge is 0.315 e. The van der Waals surface area contributed by atoms with E-state index in [-0.39, 0.29) is 12.1 Å². The van der Waals surface area contributed by atoms with Crippen molar-refractivity contribution in [2.24, 2.45) is 0 Å². The molecule has 2 aromatic carbocycles. The molecule has 25 heavy (non-hydrogen) atoms. The highest BCUT2D eigenvalue weighted by Crippen LogP contribution is 2.31. The number of aliphatic hydroxyl groups is 1. The summed E-state index contributed by atoms with van der Waals surface area (Å²) in [4.78, 5) is 12.2. The molecule has 0 spiro atoms. The number of benzene rings is 2. The number of fused-ring (bicyclic) bond motifs is 1. The van der Waals surface area contributed by atoms with E-state index in [4.69, 9.17) is 4.74 Å². The molecule has 2 aromatic rings. The molecule has 1 aliphatic carbocycles. The summed E-state index contributed by atoms with van der Waals surface area (Å²) in [5.41, 5.74) is 4.12. The maximum atomic E-state index is 12.2. The summed E-state index contributed by atoms with van der Waals surface area (Å²) in [5, 5.41) is 15.9. The van der Waals surface area contributed by atoms with Crippen molar-refractivity contribution in [3.05, 3.63) is 64.7 Å². The fraction of sp³-hybridized carbons (Fsp3) is 0.350. The van der Waals surface area contributed by atoms with Gasteiger partial charge in [0.25, 0.3) is 0 Å². The number of nitrogens with one attached hydrogen (secondary N) is 2. The Morgan fingerprint density at radius 1 is 1.28 bits per heavy atom. The van der Waals surface area contributed by atoms with Crippen LogP contribution in [0.5, 0.6) is 5.75 Å². The third-order valence-electron chi connectivity index (χ3n) is 4.48. The van der Waals surface area contributed by atoms with Gasteiger partial charge in [0.2, 0.25) is 0 Å². The first-order chi connectivity index (χ1) is 12.1. The van der Waals surface area contributed by atoms with Crippen LogP contribution in [-0.2, 0) is 13.0 Å². The molecule has 0 fully saturated rings. The number of hydrogen-bond acceptors (Lipinski definition) is 3. The zero-order valence-corrected chi connectivity index (χ0v) is 14.6. The Morgan fingerprint density at radius 3 is 2.84 bits per heavy atom. The molecule has 5 heteroatoms. The van der Waals surface area contributed by atoms with E-state index >= 15 is 0 Å². The Balaban J connectivity index is 1.58. The van der Waals surface area contributed by atoms with Gasteiger partial charge < -0.3 is 20.5 Å². The Morgan fingerprint density at radius 2 is 2.08 bits per heavy atom. The monoisotopic (exact) mass is 340 g/mol. The lowest BCUT2D eigenvalue weighted by Gasteiger charge is -2.18. The SMILES string of the molecule is CCOc1ccc(CNC(=O)NC2c3ccccc3CC2O)cc1C. The van der Waals surface area contributed by atoms with E-state index in [2.05, 4.69) is 10.6 Å². The van der Waals surface area contributed by atoms with E-state index in [9.17, 15) is 9.90 Å². The summed E-state index contributed by atoms with van der Waals surface area (Å²) < 4.78 is 5.52. The van der Waals surface area contributed by atoms with Gasteiger partial charge in [-0.3, -0.25) is 0 Å². The number of rotatable bonds is 5. The summed E-state index contributed by atoms with van der Waals surface area (Å²) in [6.45, 7) is 4.99. The molecule has 2 amide bonds. The third-order valence-corrected chi connectivity index (χ3v) is 4.48. The van der Waals surface area contributed by atoms with Crippen LogP contribution in [0.25, 0.3) is 0 Å². The van der Waals surface area contributed by atoms with Crippen molar-refractivity contribution < 1.29 is 14.6 Å². The number of urea groups is 1. The van der Waals surface area contributed by atoms with Crippen LogP contribution in [0.15, 0.2) is 42.5 Å². The Kier molecular flexibility index (Phi) is 5.24. The molecule has 1 aliphatic rings. The van der Waals surface area contributed by atoms with Crippen LogP contribution >= 0.6 is 0 Å². The number of carbonyl (C=O) groups excluding carboxylic acids is 1. The van der Waals surface area contributed by atoms with Crippen LogP contribution in [0.1, 0.15) is 35.2 Å². The minimum Gasteiger partial charge on any atom is -0.494 e. The molecular formula is C20H24N2O3. The standard InChI is InChI=1S/C20H24N2O3/c1-3-25-18-9-8-14(10-13(18)2)12-21-20(24)22-19-16-7-5-4-6-15(16)11-17(19)23/h4-10,17,19,23H,3,11-12H2,1-2H3,(H2,21,22,24). The van der Waals surface area contributed by atoms with Gasteiger partial charge in [-0.25, -0.2) is 4.79 Å². The van der Waals surface area contributed by atoms with Crippen LogP contribution in [0.3, 0.4) is 0 Å². The predicted molar refractivity (Wildman–Crippen MR) is 96.6 cm³/mol. The first-order valence-corrected chi connectivity index (χ1v) is 8.61. The fourth-order valence-electron chi connectivity index (χ4n) is 3.26. The second-order valence-electron chi connectivity index (χ2n) is 6.31. The maximum Gasteiger partial charge on any atom is 0.315 e. The van der Waals surface area contributed by atoms with E-state index in [0.717, 1.165) is 28.0 Å². The van der Waals surface area contributed by atoms with Crippen LogP contribution in [0.2, 0.25) is 0 Å². The second-order valence-corrected chi connectivity index (χ2v) is 6.31. The normalized spacial score (nSPS) is 18.5. The molecular weight excluding hydrogens is 316 g/mol. The largest absolute Gasteiger partial charge is 0.494 e. The second kappa shape index (κ2) is 7.57. The minimum absolute atomic E-state index is 0.285. The van der Waals surface area contributed by atoms with Gasteiger partial charge in [0.15, 0.2) is 0 Å². The summed E-state index contributed by atoms with van der Waals surface area (Å²) in [6.07, 6.45) is -0.0185. The third kappa shape index (κ3) is 3.94. The molecule has 3 rings (SSSR count). The lowest BCUT2D eigenvalue weighted by atomic mass is 10.1. The van der Waals surface area contributed by atoms with Gasteiger partial charge in [-0.15, -0.1) is 0 Å². The first-order valence-electron chi connectivity index (χ1n) is 8.61. The summed E-state index contributed by atoms with van der Waals surface area (Å²) in [5.74, 6) is 0.862. The molecule has 0 bridgehead atoms. The molecule has 2 unspecified atom stereocenters. The van der Waals surface area contributed by atoms with Gasteiger partial charge in [-0.2, -0.15) is 0 Å². The van der Waals surface area contributed by atoms with Crippen molar-refractivity contribution in [2.45, 2.75) is 39.0 Å². The number of amides is 2. The van der Waals surface area contributed by atoms with E-state index in [1.54, 1.807) is 0 Å². The molecule has 5 nitrogen and oxygen atoms in total. The van der Waals surface area contributed by atoms with Crippen molar-refractivity contribution in [1.82, 2.24) is 10.6 Å². The topological polar surface area (TPSA) is 70.6 Å². The van der Waals surface area contributed by atoms with Crippen LogP contribution in [-0.4, -0.2) is 23.8 Å². The zero-order chi connectivity index (χ0) is 17.8. The van der Waals surface area contributed by atoms with Gasteiger partial charge in [-0.1, -0.05) is 36.4 Å². The number of carbonyl (C=O) groups is 1. The van der Waals surface area contributed by atoms with Gasteiger partial charge >= 0.3 is 6.03 Å². The summed E-state index contributed by atoms with van der Waals surface area (Å²) >= 11 is 0. The minimum atomic E-state index is -0.587. The number of hydrogen-bond donors (Lipinski definition) is 3. The van der Waals surface area contributed by atoms with Crippen LogP contribution in [0, 0.1) is 6.92 Å². The average Bonchev–Trinajstić information content (AvgIpc) is 2.91. The summed E-state index contributed by atoms with van der Waals surface area (Å²) in [7, 11) is 0. The lowest BCUT2D eigenvalue weighted by Crippen LogP contribution is -2.40. The average molecular weight is 340 g/mol. The molecule has 0 saturated carbocycles. The van der Waals surface area contributed by atoms with E-state index in [1.807, 2.05) is 56.3 Å². The van der Waals surface area contributed by atoms with E-state index in [0.29, 0.717) is 19.6 Å². The maximum absolute atomic E-state index is 12.2. The van der Waals surface area contributed by atoms with Gasteiger partial charge in [-0.05, 0) is 42.2 Å². The Hall–Kier alpha value is -2.53. The predicted octanol–water partition coefficient (Wildman–Crippen LogP) is 2.85. The van der Waals surface area contributed by atoms with Gasteiger partial charge in [0.1, 0.15) is 5.75 Å². The van der Waals surface area contributed by atoms with Crippen molar-refractivity contribution >= 4 is 6.03 Å². The van der Waals surface area contributed by atoms with Crippen molar-refractivity contribution in [3.8, 4) is 5.75 Å². The molecule has 0 radical (unpaired) electrons. The molecule has 0 aromatic heterocycles. The quantitative estimate of drug-likeness (QED) is 0.784. The highest BCUT2D eigenvalue weighted by Gasteiger charge is 2.31. The van der Waals surface area contributed by atoms with Crippen molar-refractivity contribution in [2.75, 3.05) is 6.61 Å². The van der Waals surface area contributed by atoms with Crippen LogP contribution in [0.4, 0.5) is 4.79 Å². The molecule has 132 valence electrons. The lowest BCUT2D eigenvalue weighted by molar-refractivity contribution is 0.142. The highest BCUT2D eigenvalue weighted by molar-refractivity contribution is 5.74. The van der Waals surface area contributed by atoms with Crippen LogP contribution < -0.4 is 15.4 Å². The summed E-state index contributed by atoms with van der Waals surface area (Å²) in [6, 6.07) is 13.0. The molecule has 2 atom stereocenters. The molecule has 0 saturated heterocycles. The molecule has 3 N–H and O–H groups in total. The number of aliphatic hydroxyl groups excluding tert-OH is 1. The molecule has 0 aliphatic heterocycles. The van der Waals surface area contributed by atoms with Crippen molar-refractivity contribution in [1.29, 1.82) is 0 Å². The Labute approximate surface area is 148 Å². The highest BCUT2D eigenvalue weighted by atomic mass is 16.5. The fourth-order valence-corrected chi connectivity index (χ4v) is 3.26. The van der Waals surface area contributed by atoms with E-state index in [1.165, 1.54) is 0 Å². The Bertz CT molecular complexity index is 760. The van der Waals surface area contributed by atoms with Gasteiger partial charge in [0.05, 0.1) is 18.8 Å². The van der Waals surface area contributed by atoms with Crippen molar-refractivity contribution in [3.63, 3.8) is 0 Å². The number of aryl methyl sites for hydroxylation is 1.